The SMILES string of the molecule is O=[N+]([O-])c1ccc(-c2nnc3oc4ccccc4n23)cc1. The Balaban J connectivity index is 1.95. The fourth-order valence-corrected chi connectivity index (χ4v) is 2.30. The first-order valence-electron chi connectivity index (χ1n) is 6.21. The Morgan fingerprint density at radius 3 is 2.57 bits per heavy atom. The molecule has 2 aromatic carbocycles. The van der Waals surface area contributed by atoms with E-state index < -0.39 is 4.92 Å². The molecule has 0 aliphatic rings. The Morgan fingerprint density at radius 2 is 1.81 bits per heavy atom. The zero-order valence-electron chi connectivity index (χ0n) is 10.6. The highest BCUT2D eigenvalue weighted by atomic mass is 16.6. The highest BCUT2D eigenvalue weighted by Gasteiger charge is 2.15. The number of nitrogens with zero attached hydrogens (tertiary/aromatic N) is 4. The molecule has 0 N–H and O–H groups in total. The number of aromatic nitrogens is 3. The molecule has 0 unspecified atom stereocenters. The standard InChI is InChI=1S/C14H8N4O3/c19-18(20)10-7-5-9(6-8-10)13-15-16-14-17(13)11-3-1-2-4-12(11)21-14/h1-8H. The molecular formula is C14H8N4O3. The van der Waals surface area contributed by atoms with Crippen LogP contribution in [-0.2, 0) is 0 Å². The summed E-state index contributed by atoms with van der Waals surface area (Å²) in [6.45, 7) is 0. The van der Waals surface area contributed by atoms with Gasteiger partial charge in [0.15, 0.2) is 11.4 Å². The number of nitro benzene ring substituents is 1. The summed E-state index contributed by atoms with van der Waals surface area (Å²) >= 11 is 0. The number of rotatable bonds is 2. The van der Waals surface area contributed by atoms with Crippen molar-refractivity contribution in [3.63, 3.8) is 0 Å². The average Bonchev–Trinajstić information content (AvgIpc) is 3.06. The first kappa shape index (κ1) is 11.6. The lowest BCUT2D eigenvalue weighted by molar-refractivity contribution is -0.384. The quantitative estimate of drug-likeness (QED) is 0.416. The van der Waals surface area contributed by atoms with Crippen molar-refractivity contribution in [1.82, 2.24) is 14.6 Å². The van der Waals surface area contributed by atoms with Gasteiger partial charge in [-0.1, -0.05) is 17.2 Å². The molecule has 7 nitrogen and oxygen atoms in total. The van der Waals surface area contributed by atoms with Crippen LogP contribution in [0.3, 0.4) is 0 Å². The molecule has 102 valence electrons. The second-order valence-electron chi connectivity index (χ2n) is 4.52. The van der Waals surface area contributed by atoms with Crippen molar-refractivity contribution in [1.29, 1.82) is 0 Å². The molecule has 4 aromatic rings. The van der Waals surface area contributed by atoms with Crippen LogP contribution < -0.4 is 0 Å². The molecule has 0 atom stereocenters. The van der Waals surface area contributed by atoms with Gasteiger partial charge in [0.25, 0.3) is 5.69 Å². The number of nitro groups is 1. The summed E-state index contributed by atoms with van der Waals surface area (Å²) in [6.07, 6.45) is 0. The van der Waals surface area contributed by atoms with Crippen molar-refractivity contribution in [3.8, 4) is 11.4 Å². The van der Waals surface area contributed by atoms with E-state index in [0.29, 0.717) is 17.3 Å². The molecule has 7 heteroatoms. The maximum atomic E-state index is 10.7. The van der Waals surface area contributed by atoms with Gasteiger partial charge in [-0.15, -0.1) is 5.10 Å². The second-order valence-corrected chi connectivity index (χ2v) is 4.52. The summed E-state index contributed by atoms with van der Waals surface area (Å²) in [6, 6.07) is 13.7. The maximum absolute atomic E-state index is 10.7. The van der Waals surface area contributed by atoms with Crippen LogP contribution in [0.5, 0.6) is 0 Å². The van der Waals surface area contributed by atoms with Gasteiger partial charge < -0.3 is 4.42 Å². The number of hydrogen-bond acceptors (Lipinski definition) is 5. The van der Waals surface area contributed by atoms with E-state index in [-0.39, 0.29) is 5.69 Å². The topological polar surface area (TPSA) is 86.5 Å². The zero-order chi connectivity index (χ0) is 14.4. The monoisotopic (exact) mass is 280 g/mol. The number of para-hydroxylation sites is 2. The minimum absolute atomic E-state index is 0.0385. The minimum atomic E-state index is -0.434. The summed E-state index contributed by atoms with van der Waals surface area (Å²) in [5, 5.41) is 18.8. The molecule has 0 fully saturated rings. The van der Waals surface area contributed by atoms with Gasteiger partial charge in [0.1, 0.15) is 0 Å². The van der Waals surface area contributed by atoms with E-state index in [0.717, 1.165) is 11.1 Å². The molecular weight excluding hydrogens is 272 g/mol. The van der Waals surface area contributed by atoms with Crippen molar-refractivity contribution in [2.75, 3.05) is 0 Å². The van der Waals surface area contributed by atoms with Crippen molar-refractivity contribution < 1.29 is 9.34 Å². The van der Waals surface area contributed by atoms with Crippen LogP contribution in [0.4, 0.5) is 5.69 Å². The zero-order valence-corrected chi connectivity index (χ0v) is 10.6. The third kappa shape index (κ3) is 1.68. The van der Waals surface area contributed by atoms with Gasteiger partial charge in [0, 0.05) is 17.7 Å². The molecule has 0 aliphatic heterocycles. The van der Waals surface area contributed by atoms with Gasteiger partial charge in [-0.05, 0) is 24.3 Å². The van der Waals surface area contributed by atoms with Gasteiger partial charge in [0.2, 0.25) is 0 Å². The fraction of sp³-hybridized carbons (Fsp3) is 0. The van der Waals surface area contributed by atoms with Crippen molar-refractivity contribution >= 4 is 22.6 Å². The van der Waals surface area contributed by atoms with Gasteiger partial charge in [-0.3, -0.25) is 10.1 Å². The predicted molar refractivity (Wildman–Crippen MR) is 74.8 cm³/mol. The summed E-state index contributed by atoms with van der Waals surface area (Å²) < 4.78 is 7.39. The summed E-state index contributed by atoms with van der Waals surface area (Å²) in [5.74, 6) is 0.981. The fourth-order valence-electron chi connectivity index (χ4n) is 2.30. The Hall–Kier alpha value is -3.22. The third-order valence-corrected chi connectivity index (χ3v) is 3.28. The molecule has 0 spiro atoms. The number of fused-ring (bicyclic) bond motifs is 3. The molecule has 2 heterocycles. The number of non-ortho nitro benzene ring substituents is 1. The van der Waals surface area contributed by atoms with E-state index >= 15 is 0 Å². The third-order valence-electron chi connectivity index (χ3n) is 3.28. The van der Waals surface area contributed by atoms with Crippen LogP contribution in [0.15, 0.2) is 52.9 Å². The van der Waals surface area contributed by atoms with E-state index in [4.69, 9.17) is 4.42 Å². The number of hydrogen-bond donors (Lipinski definition) is 0. The number of oxazole rings is 1. The van der Waals surface area contributed by atoms with Crippen molar-refractivity contribution in [2.24, 2.45) is 0 Å². The lowest BCUT2D eigenvalue weighted by Crippen LogP contribution is -1.90. The van der Waals surface area contributed by atoms with Crippen LogP contribution in [0.1, 0.15) is 0 Å². The van der Waals surface area contributed by atoms with E-state index in [1.807, 2.05) is 24.3 Å². The van der Waals surface area contributed by atoms with Crippen molar-refractivity contribution in [2.45, 2.75) is 0 Å². The van der Waals surface area contributed by atoms with Gasteiger partial charge in [-0.25, -0.2) is 4.40 Å². The first-order valence-corrected chi connectivity index (χ1v) is 6.21. The Labute approximate surface area is 117 Å². The lowest BCUT2D eigenvalue weighted by atomic mass is 10.2. The smallest absolute Gasteiger partial charge is 0.327 e. The van der Waals surface area contributed by atoms with Crippen LogP contribution in [0.25, 0.3) is 28.3 Å². The van der Waals surface area contributed by atoms with Crippen LogP contribution in [0, 0.1) is 10.1 Å². The summed E-state index contributed by atoms with van der Waals surface area (Å²) in [7, 11) is 0. The molecule has 21 heavy (non-hydrogen) atoms. The molecule has 0 saturated carbocycles. The minimum Gasteiger partial charge on any atom is -0.422 e. The van der Waals surface area contributed by atoms with Crippen molar-refractivity contribution in [3.05, 3.63) is 58.6 Å². The van der Waals surface area contributed by atoms with E-state index in [2.05, 4.69) is 10.2 Å². The van der Waals surface area contributed by atoms with E-state index in [1.165, 1.54) is 12.1 Å². The summed E-state index contributed by atoms with van der Waals surface area (Å²) in [5.41, 5.74) is 2.34. The average molecular weight is 280 g/mol. The predicted octanol–water partition coefficient (Wildman–Crippen LogP) is 3.05. The molecule has 0 aliphatic carbocycles. The first-order chi connectivity index (χ1) is 10.2. The van der Waals surface area contributed by atoms with E-state index in [1.54, 1.807) is 16.5 Å². The van der Waals surface area contributed by atoms with E-state index in [9.17, 15) is 10.1 Å². The van der Waals surface area contributed by atoms with Gasteiger partial charge in [-0.2, -0.15) is 0 Å². The molecule has 0 bridgehead atoms. The number of benzene rings is 2. The maximum Gasteiger partial charge on any atom is 0.327 e. The molecule has 4 rings (SSSR count). The van der Waals surface area contributed by atoms with Gasteiger partial charge in [0.05, 0.1) is 10.4 Å². The Kier molecular flexibility index (Phi) is 2.28. The lowest BCUT2D eigenvalue weighted by Gasteiger charge is -1.98. The summed E-state index contributed by atoms with van der Waals surface area (Å²) in [4.78, 5) is 10.3. The highest BCUT2D eigenvalue weighted by molar-refractivity contribution is 5.79. The van der Waals surface area contributed by atoms with Crippen LogP contribution in [-0.4, -0.2) is 19.5 Å². The van der Waals surface area contributed by atoms with Crippen LogP contribution in [0.2, 0.25) is 0 Å². The highest BCUT2D eigenvalue weighted by Crippen LogP contribution is 2.26. The Bertz CT molecular complexity index is 969. The molecule has 0 saturated heterocycles. The second kappa shape index (κ2) is 4.14. The molecule has 2 aromatic heterocycles. The molecule has 0 amide bonds. The molecule has 0 radical (unpaired) electrons. The Morgan fingerprint density at radius 1 is 1.05 bits per heavy atom. The van der Waals surface area contributed by atoms with Crippen LogP contribution >= 0.6 is 0 Å². The van der Waals surface area contributed by atoms with Gasteiger partial charge >= 0.3 is 5.84 Å². The normalized spacial score (nSPS) is 11.2. The largest absolute Gasteiger partial charge is 0.422 e.